The molecule has 0 radical (unpaired) electrons. The molecule has 0 fully saturated rings. The lowest BCUT2D eigenvalue weighted by molar-refractivity contribution is 0.350. The molecule has 2 heterocycles. The van der Waals surface area contributed by atoms with E-state index in [2.05, 4.69) is 15.1 Å². The second kappa shape index (κ2) is 5.16. The summed E-state index contributed by atoms with van der Waals surface area (Å²) in [4.78, 5) is 8.41. The molecule has 0 saturated carbocycles. The fourth-order valence-electron chi connectivity index (χ4n) is 1.68. The van der Waals surface area contributed by atoms with E-state index in [9.17, 15) is 0 Å². The standard InChI is InChI=1S/C13H15N5O/c1-3-13(15,4-2)12-17-11(19-18-12)10-6-5-9(7-14)8-16-10/h5-6,8H,3-4,15H2,1-2H3. The summed E-state index contributed by atoms with van der Waals surface area (Å²) in [6, 6.07) is 5.33. The Morgan fingerprint density at radius 2 is 2.11 bits per heavy atom. The zero-order valence-electron chi connectivity index (χ0n) is 10.9. The number of rotatable bonds is 4. The van der Waals surface area contributed by atoms with E-state index in [0.717, 1.165) is 12.8 Å². The van der Waals surface area contributed by atoms with Crippen molar-refractivity contribution in [3.8, 4) is 17.7 Å². The van der Waals surface area contributed by atoms with Gasteiger partial charge in [0.2, 0.25) is 0 Å². The van der Waals surface area contributed by atoms with Gasteiger partial charge in [-0.05, 0) is 25.0 Å². The minimum Gasteiger partial charge on any atom is -0.332 e. The molecule has 2 N–H and O–H groups in total. The molecule has 2 rings (SSSR count). The lowest BCUT2D eigenvalue weighted by atomic mass is 9.93. The molecule has 2 aromatic heterocycles. The zero-order valence-corrected chi connectivity index (χ0v) is 10.9. The fourth-order valence-corrected chi connectivity index (χ4v) is 1.68. The van der Waals surface area contributed by atoms with Gasteiger partial charge < -0.3 is 10.3 Å². The Bertz CT molecular complexity index is 592. The highest BCUT2D eigenvalue weighted by atomic mass is 16.5. The first-order valence-corrected chi connectivity index (χ1v) is 6.12. The van der Waals surface area contributed by atoms with Crippen molar-refractivity contribution < 1.29 is 4.52 Å². The minimum atomic E-state index is -0.575. The van der Waals surface area contributed by atoms with Crippen LogP contribution in [0.5, 0.6) is 0 Å². The maximum absolute atomic E-state index is 8.72. The Kier molecular flexibility index (Phi) is 3.58. The summed E-state index contributed by atoms with van der Waals surface area (Å²) in [6.07, 6.45) is 2.92. The third kappa shape index (κ3) is 2.46. The smallest absolute Gasteiger partial charge is 0.276 e. The van der Waals surface area contributed by atoms with E-state index in [0.29, 0.717) is 23.0 Å². The highest BCUT2D eigenvalue weighted by Crippen LogP contribution is 2.25. The van der Waals surface area contributed by atoms with E-state index >= 15 is 0 Å². The van der Waals surface area contributed by atoms with Gasteiger partial charge >= 0.3 is 0 Å². The second-order valence-corrected chi connectivity index (χ2v) is 4.33. The molecule has 6 nitrogen and oxygen atoms in total. The highest BCUT2D eigenvalue weighted by molar-refractivity contribution is 5.47. The van der Waals surface area contributed by atoms with Crippen LogP contribution < -0.4 is 5.73 Å². The first-order valence-electron chi connectivity index (χ1n) is 6.12. The van der Waals surface area contributed by atoms with Crippen LogP contribution in [0.1, 0.15) is 38.1 Å². The van der Waals surface area contributed by atoms with Gasteiger partial charge in [0.15, 0.2) is 5.82 Å². The first-order chi connectivity index (χ1) is 9.12. The second-order valence-electron chi connectivity index (χ2n) is 4.33. The fraction of sp³-hybridized carbons (Fsp3) is 0.385. The van der Waals surface area contributed by atoms with Gasteiger partial charge in [0.25, 0.3) is 5.89 Å². The molecule has 0 spiro atoms. The zero-order chi connectivity index (χ0) is 13.9. The van der Waals surface area contributed by atoms with Crippen molar-refractivity contribution >= 4 is 0 Å². The van der Waals surface area contributed by atoms with E-state index in [1.807, 2.05) is 19.9 Å². The van der Waals surface area contributed by atoms with Gasteiger partial charge in [-0.25, -0.2) is 4.98 Å². The number of aromatic nitrogens is 3. The summed E-state index contributed by atoms with van der Waals surface area (Å²) in [5.41, 5.74) is 6.65. The molecule has 0 aliphatic heterocycles. The Morgan fingerprint density at radius 3 is 2.63 bits per heavy atom. The van der Waals surface area contributed by atoms with E-state index in [4.69, 9.17) is 15.5 Å². The number of nitrogens with zero attached hydrogens (tertiary/aromatic N) is 4. The lowest BCUT2D eigenvalue weighted by Crippen LogP contribution is -2.36. The predicted molar refractivity (Wildman–Crippen MR) is 68.7 cm³/mol. The maximum Gasteiger partial charge on any atom is 0.276 e. The van der Waals surface area contributed by atoms with Crippen LogP contribution in [0, 0.1) is 11.3 Å². The Hall–Kier alpha value is -2.26. The van der Waals surface area contributed by atoms with E-state index in [-0.39, 0.29) is 0 Å². The van der Waals surface area contributed by atoms with Crippen molar-refractivity contribution in [2.24, 2.45) is 5.73 Å². The Morgan fingerprint density at radius 1 is 1.37 bits per heavy atom. The molecule has 0 aromatic carbocycles. The molecule has 0 atom stereocenters. The number of hydrogen-bond acceptors (Lipinski definition) is 6. The van der Waals surface area contributed by atoms with Crippen molar-refractivity contribution in [1.82, 2.24) is 15.1 Å². The molecular formula is C13H15N5O. The van der Waals surface area contributed by atoms with Crippen LogP contribution >= 0.6 is 0 Å². The third-order valence-electron chi connectivity index (χ3n) is 3.24. The average molecular weight is 257 g/mol. The number of hydrogen-bond donors (Lipinski definition) is 1. The van der Waals surface area contributed by atoms with E-state index < -0.39 is 5.54 Å². The average Bonchev–Trinajstić information content (AvgIpc) is 2.97. The van der Waals surface area contributed by atoms with Gasteiger partial charge in [-0.3, -0.25) is 0 Å². The van der Waals surface area contributed by atoms with Crippen LogP contribution in [0.3, 0.4) is 0 Å². The molecule has 0 aliphatic carbocycles. The molecule has 19 heavy (non-hydrogen) atoms. The molecule has 98 valence electrons. The van der Waals surface area contributed by atoms with E-state index in [1.54, 1.807) is 12.1 Å². The highest BCUT2D eigenvalue weighted by Gasteiger charge is 2.29. The van der Waals surface area contributed by atoms with Crippen LogP contribution in [0.25, 0.3) is 11.6 Å². The van der Waals surface area contributed by atoms with Crippen LogP contribution in [0.15, 0.2) is 22.9 Å². The molecule has 0 aliphatic rings. The number of nitrogens with two attached hydrogens (primary N) is 1. The lowest BCUT2D eigenvalue weighted by Gasteiger charge is -2.21. The van der Waals surface area contributed by atoms with Gasteiger partial charge in [0, 0.05) is 6.20 Å². The van der Waals surface area contributed by atoms with E-state index in [1.165, 1.54) is 6.20 Å². The molecule has 0 amide bonds. The van der Waals surface area contributed by atoms with Gasteiger partial charge in [-0.15, -0.1) is 0 Å². The largest absolute Gasteiger partial charge is 0.332 e. The molecule has 2 aromatic rings. The van der Waals surface area contributed by atoms with Gasteiger partial charge in [0.1, 0.15) is 11.8 Å². The quantitative estimate of drug-likeness (QED) is 0.898. The van der Waals surface area contributed by atoms with Gasteiger partial charge in [-0.2, -0.15) is 10.2 Å². The van der Waals surface area contributed by atoms with Crippen LogP contribution in [-0.2, 0) is 5.54 Å². The molecule has 6 heteroatoms. The Balaban J connectivity index is 2.33. The monoisotopic (exact) mass is 257 g/mol. The van der Waals surface area contributed by atoms with Crippen LogP contribution in [0.4, 0.5) is 0 Å². The Labute approximate surface area is 111 Å². The topological polar surface area (TPSA) is 102 Å². The van der Waals surface area contributed by atoms with Crippen molar-refractivity contribution in [3.05, 3.63) is 29.7 Å². The summed E-state index contributed by atoms with van der Waals surface area (Å²) in [5.74, 6) is 0.801. The van der Waals surface area contributed by atoms with Crippen molar-refractivity contribution in [1.29, 1.82) is 5.26 Å². The third-order valence-corrected chi connectivity index (χ3v) is 3.24. The van der Waals surface area contributed by atoms with Crippen molar-refractivity contribution in [3.63, 3.8) is 0 Å². The predicted octanol–water partition coefficient (Wildman–Crippen LogP) is 1.98. The maximum atomic E-state index is 8.72. The number of nitriles is 1. The normalized spacial score (nSPS) is 11.3. The van der Waals surface area contributed by atoms with Crippen molar-refractivity contribution in [2.75, 3.05) is 0 Å². The number of pyridine rings is 1. The summed E-state index contributed by atoms with van der Waals surface area (Å²) in [6.45, 7) is 3.97. The summed E-state index contributed by atoms with van der Waals surface area (Å²) < 4.78 is 5.19. The molecule has 0 saturated heterocycles. The van der Waals surface area contributed by atoms with Crippen LogP contribution in [-0.4, -0.2) is 15.1 Å². The van der Waals surface area contributed by atoms with Crippen molar-refractivity contribution in [2.45, 2.75) is 32.2 Å². The molecule has 0 unspecified atom stereocenters. The van der Waals surface area contributed by atoms with Crippen LogP contribution in [0.2, 0.25) is 0 Å². The summed E-state index contributed by atoms with van der Waals surface area (Å²) in [5, 5.41) is 12.6. The SMILES string of the molecule is CCC(N)(CC)c1noc(-c2ccc(C#N)cn2)n1. The molecule has 0 bridgehead atoms. The minimum absolute atomic E-state index is 0.316. The summed E-state index contributed by atoms with van der Waals surface area (Å²) >= 11 is 0. The van der Waals surface area contributed by atoms with Gasteiger partial charge in [-0.1, -0.05) is 19.0 Å². The first kappa shape index (κ1) is 13.2. The summed E-state index contributed by atoms with van der Waals surface area (Å²) in [7, 11) is 0. The molecular weight excluding hydrogens is 242 g/mol. The van der Waals surface area contributed by atoms with Gasteiger partial charge in [0.05, 0.1) is 11.1 Å².